The summed E-state index contributed by atoms with van der Waals surface area (Å²) in [5, 5.41) is 12.7. The second kappa shape index (κ2) is 15.7. The highest BCUT2D eigenvalue weighted by molar-refractivity contribution is 9.09. The van der Waals surface area contributed by atoms with Gasteiger partial charge in [-0.15, -0.1) is 13.2 Å². The van der Waals surface area contributed by atoms with Crippen LogP contribution in [-0.2, 0) is 28.7 Å². The van der Waals surface area contributed by atoms with Gasteiger partial charge >= 0.3 is 5.97 Å². The van der Waals surface area contributed by atoms with Gasteiger partial charge in [-0.1, -0.05) is 58.4 Å². The first-order valence-corrected chi connectivity index (χ1v) is 17.5. The van der Waals surface area contributed by atoms with Crippen molar-refractivity contribution in [3.8, 4) is 5.75 Å². The van der Waals surface area contributed by atoms with Gasteiger partial charge in [-0.25, -0.2) is 0 Å². The van der Waals surface area contributed by atoms with Gasteiger partial charge in [-0.05, 0) is 56.0 Å². The average Bonchev–Trinajstić information content (AvgIpc) is 3.70. The molecule has 12 heteroatoms. The van der Waals surface area contributed by atoms with Crippen LogP contribution in [0.3, 0.4) is 0 Å². The summed E-state index contributed by atoms with van der Waals surface area (Å²) >= 11 is 3.71. The Labute approximate surface area is 295 Å². The van der Waals surface area contributed by atoms with Crippen LogP contribution in [0.15, 0.2) is 79.9 Å². The SMILES string of the molecule is C=CCCC(=O)N[C@H](C)[C@@H](OC(=O)[C@H]1[C@@H]2O[C@@]3(CC2Br)[C@@H]1C(=O)N(CCCO)[C@@H]3C(=O)N(CC=C)c1ccc(OC)cc1)c1ccccc1. The molecular weight excluding hydrogens is 694 g/mol. The summed E-state index contributed by atoms with van der Waals surface area (Å²) in [5.74, 6) is -3.04. The predicted molar refractivity (Wildman–Crippen MR) is 187 cm³/mol. The van der Waals surface area contributed by atoms with Gasteiger partial charge in [0.25, 0.3) is 5.91 Å². The molecule has 3 amide bonds. The lowest BCUT2D eigenvalue weighted by atomic mass is 9.70. The van der Waals surface area contributed by atoms with Crippen molar-refractivity contribution in [3.05, 3.63) is 85.5 Å². The number of aliphatic hydroxyl groups is 1. The number of carbonyl (C=O) groups excluding carboxylic acids is 4. The van der Waals surface area contributed by atoms with Gasteiger partial charge in [0.15, 0.2) is 0 Å². The largest absolute Gasteiger partial charge is 0.497 e. The second-order valence-electron chi connectivity index (χ2n) is 12.7. The monoisotopic (exact) mass is 737 g/mol. The third-order valence-electron chi connectivity index (χ3n) is 9.60. The van der Waals surface area contributed by atoms with E-state index in [0.717, 1.165) is 0 Å². The van der Waals surface area contributed by atoms with E-state index in [1.807, 2.05) is 30.3 Å². The molecule has 0 radical (unpaired) electrons. The highest BCUT2D eigenvalue weighted by Crippen LogP contribution is 2.60. The molecule has 1 unspecified atom stereocenters. The number of aliphatic hydroxyl groups excluding tert-OH is 1. The van der Waals surface area contributed by atoms with Gasteiger partial charge in [0.2, 0.25) is 11.8 Å². The van der Waals surface area contributed by atoms with Crippen LogP contribution in [0.2, 0.25) is 0 Å². The summed E-state index contributed by atoms with van der Waals surface area (Å²) in [4.78, 5) is 58.7. The Morgan fingerprint density at radius 2 is 1.88 bits per heavy atom. The number of allylic oxidation sites excluding steroid dienone is 1. The minimum Gasteiger partial charge on any atom is -0.497 e. The average molecular weight is 739 g/mol. The number of rotatable bonds is 16. The topological polar surface area (TPSA) is 135 Å². The Kier molecular flexibility index (Phi) is 11.6. The number of halogens is 1. The van der Waals surface area contributed by atoms with Crippen molar-refractivity contribution >= 4 is 45.3 Å². The number of esters is 1. The number of methoxy groups -OCH3 is 1. The molecule has 262 valence electrons. The number of fused-ring (bicyclic) bond motifs is 1. The summed E-state index contributed by atoms with van der Waals surface area (Å²) in [6.07, 6.45) is 2.96. The first kappa shape index (κ1) is 36.3. The molecule has 0 aliphatic carbocycles. The zero-order valence-electron chi connectivity index (χ0n) is 27.8. The van der Waals surface area contributed by atoms with E-state index in [1.54, 1.807) is 55.4 Å². The lowest BCUT2D eigenvalue weighted by Crippen LogP contribution is -2.57. The summed E-state index contributed by atoms with van der Waals surface area (Å²) in [7, 11) is 1.55. The molecule has 2 aromatic rings. The minimum atomic E-state index is -1.33. The fourth-order valence-corrected chi connectivity index (χ4v) is 8.40. The van der Waals surface area contributed by atoms with Crippen molar-refractivity contribution in [1.82, 2.24) is 10.2 Å². The number of amides is 3. The summed E-state index contributed by atoms with van der Waals surface area (Å²) < 4.78 is 18.2. The number of carbonyl (C=O) groups is 4. The Balaban J connectivity index is 1.49. The number of nitrogens with one attached hydrogen (secondary N) is 1. The third kappa shape index (κ3) is 7.04. The summed E-state index contributed by atoms with van der Waals surface area (Å²) in [6, 6.07) is 14.4. The van der Waals surface area contributed by atoms with Crippen molar-refractivity contribution in [3.63, 3.8) is 0 Å². The first-order chi connectivity index (χ1) is 23.6. The quantitative estimate of drug-likeness (QED) is 0.150. The van der Waals surface area contributed by atoms with Crippen LogP contribution >= 0.6 is 15.9 Å². The lowest BCUT2D eigenvalue weighted by Gasteiger charge is -2.37. The van der Waals surface area contributed by atoms with Crippen LogP contribution in [0.25, 0.3) is 0 Å². The molecule has 2 aromatic carbocycles. The Bertz CT molecular complexity index is 1540. The third-order valence-corrected chi connectivity index (χ3v) is 10.4. The molecule has 3 heterocycles. The molecule has 3 aliphatic heterocycles. The molecule has 3 fully saturated rings. The smallest absolute Gasteiger partial charge is 0.313 e. The number of alkyl halides is 1. The normalized spacial score (nSPS) is 26.4. The zero-order chi connectivity index (χ0) is 35.3. The lowest BCUT2D eigenvalue weighted by molar-refractivity contribution is -0.162. The number of hydrogen-bond donors (Lipinski definition) is 2. The maximum Gasteiger partial charge on any atom is 0.313 e. The van der Waals surface area contributed by atoms with Crippen molar-refractivity contribution in [2.45, 2.75) is 67.3 Å². The number of ether oxygens (including phenoxy) is 3. The van der Waals surface area contributed by atoms with Crippen molar-refractivity contribution in [2.75, 3.05) is 31.7 Å². The number of benzene rings is 2. The van der Waals surface area contributed by atoms with E-state index >= 15 is 0 Å². The van der Waals surface area contributed by atoms with Crippen LogP contribution in [-0.4, -0.2) is 89.1 Å². The molecule has 3 aliphatic rings. The van der Waals surface area contributed by atoms with E-state index in [0.29, 0.717) is 29.8 Å². The standard InChI is InChI=1S/C37H44BrN3O8/c1-5-7-14-28(43)39-23(3)31(24-12-9-8-10-13-24)48-36(46)29-30-34(44)41(20-11-21-42)33(37(30)22-27(38)32(29)49-37)35(45)40(19-6-2)25-15-17-26(47-4)18-16-25/h5-6,8-10,12-13,15-18,23,27,29-33,42H,1-2,7,11,14,19-22H2,3-4H3,(H,39,43)/t23-,27?,29-,30+,31-,32-,33-,37+/m1/s1. The molecule has 3 saturated heterocycles. The van der Waals surface area contributed by atoms with E-state index in [9.17, 15) is 24.3 Å². The molecular formula is C37H44BrN3O8. The second-order valence-corrected chi connectivity index (χ2v) is 13.8. The number of likely N-dealkylation sites (tertiary alicyclic amines) is 1. The highest BCUT2D eigenvalue weighted by atomic mass is 79.9. The fourth-order valence-electron chi connectivity index (χ4n) is 7.46. The van der Waals surface area contributed by atoms with Gasteiger partial charge in [0, 0.05) is 36.6 Å². The van der Waals surface area contributed by atoms with Crippen LogP contribution in [0.4, 0.5) is 5.69 Å². The number of hydrogen-bond acceptors (Lipinski definition) is 8. The zero-order valence-corrected chi connectivity index (χ0v) is 29.4. The van der Waals surface area contributed by atoms with Crippen LogP contribution < -0.4 is 15.0 Å². The maximum atomic E-state index is 14.7. The fraction of sp³-hybridized carbons (Fsp3) is 0.459. The van der Waals surface area contributed by atoms with Gasteiger partial charge < -0.3 is 34.4 Å². The summed E-state index contributed by atoms with van der Waals surface area (Å²) in [5.41, 5.74) is -0.0737. The molecule has 2 bridgehead atoms. The Hall–Kier alpha value is -4.00. The molecule has 5 rings (SSSR count). The van der Waals surface area contributed by atoms with E-state index in [1.165, 1.54) is 4.90 Å². The highest BCUT2D eigenvalue weighted by Gasteiger charge is 2.77. The Morgan fingerprint density at radius 3 is 2.51 bits per heavy atom. The molecule has 2 N–H and O–H groups in total. The van der Waals surface area contributed by atoms with Crippen LogP contribution in [0.1, 0.15) is 44.3 Å². The molecule has 0 aromatic heterocycles. The molecule has 1 spiro atoms. The number of anilines is 1. The van der Waals surface area contributed by atoms with Gasteiger partial charge in [-0.3, -0.25) is 19.2 Å². The van der Waals surface area contributed by atoms with E-state index in [4.69, 9.17) is 14.2 Å². The van der Waals surface area contributed by atoms with Crippen molar-refractivity contribution in [2.24, 2.45) is 11.8 Å². The van der Waals surface area contributed by atoms with Gasteiger partial charge in [-0.2, -0.15) is 0 Å². The van der Waals surface area contributed by atoms with E-state index < -0.39 is 53.6 Å². The van der Waals surface area contributed by atoms with Crippen molar-refractivity contribution in [1.29, 1.82) is 0 Å². The molecule has 8 atom stereocenters. The van der Waals surface area contributed by atoms with E-state index in [2.05, 4.69) is 34.4 Å². The van der Waals surface area contributed by atoms with Gasteiger partial charge in [0.05, 0.1) is 31.1 Å². The molecule has 49 heavy (non-hydrogen) atoms. The molecule has 11 nitrogen and oxygen atoms in total. The predicted octanol–water partition coefficient (Wildman–Crippen LogP) is 4.10. The van der Waals surface area contributed by atoms with Crippen molar-refractivity contribution < 1.29 is 38.5 Å². The minimum absolute atomic E-state index is 0.0949. The van der Waals surface area contributed by atoms with Crippen LogP contribution in [0.5, 0.6) is 5.75 Å². The number of nitrogens with zero attached hydrogens (tertiary/aromatic N) is 2. The summed E-state index contributed by atoms with van der Waals surface area (Å²) in [6.45, 7) is 9.35. The maximum absolute atomic E-state index is 14.7. The van der Waals surface area contributed by atoms with Crippen LogP contribution in [0, 0.1) is 11.8 Å². The van der Waals surface area contributed by atoms with Gasteiger partial charge in [0.1, 0.15) is 23.5 Å². The molecule has 0 saturated carbocycles. The first-order valence-electron chi connectivity index (χ1n) is 16.6. The van der Waals surface area contributed by atoms with E-state index in [-0.39, 0.29) is 49.2 Å². The Morgan fingerprint density at radius 1 is 1.16 bits per heavy atom.